The standard InChI is InChI=1S/C39H65N5O5/c1-37(2,3)19-12-22-39(20-8-7-9-21-39)43-36(49)42-32(38(4,5)6)35(48)44-24-26-15-11-16-28(26)30(44)33(46)41-29(23-25-13-10-14-25)31(45)34(47)40-27-17-18-27/h25-30,32H,7-24H2,1-6H3,(H,40,47)(H,41,46)(H2,42,43,49)/t26-,28-,29?,30-,32+/m0/s1. The number of nitrogens with zero attached hydrogens (tertiary/aromatic N) is 1. The average molecular weight is 684 g/mol. The molecule has 10 heteroatoms. The molecule has 5 fully saturated rings. The van der Waals surface area contributed by atoms with Crippen molar-refractivity contribution < 1.29 is 24.0 Å². The van der Waals surface area contributed by atoms with E-state index in [1.807, 2.05) is 20.8 Å². The van der Waals surface area contributed by atoms with E-state index in [2.05, 4.69) is 42.0 Å². The number of rotatable bonds is 13. The molecule has 0 spiro atoms. The molecule has 49 heavy (non-hydrogen) atoms. The van der Waals surface area contributed by atoms with Crippen LogP contribution in [0.1, 0.15) is 151 Å². The molecule has 0 aromatic rings. The Kier molecular flexibility index (Phi) is 11.7. The Morgan fingerprint density at radius 2 is 1.49 bits per heavy atom. The minimum atomic E-state index is -0.902. The minimum Gasteiger partial charge on any atom is -0.347 e. The summed E-state index contributed by atoms with van der Waals surface area (Å²) in [7, 11) is 0. The van der Waals surface area contributed by atoms with Crippen molar-refractivity contribution in [3.05, 3.63) is 0 Å². The summed E-state index contributed by atoms with van der Waals surface area (Å²) in [6.07, 6.45) is 16.3. The molecule has 1 aliphatic heterocycles. The molecule has 10 nitrogen and oxygen atoms in total. The molecule has 5 amide bonds. The second-order valence-corrected chi connectivity index (χ2v) is 18.6. The number of hydrogen-bond acceptors (Lipinski definition) is 5. The first kappa shape index (κ1) is 37.6. The zero-order chi connectivity index (χ0) is 35.6. The number of nitrogens with one attached hydrogen (secondary N) is 4. The Morgan fingerprint density at radius 1 is 0.816 bits per heavy atom. The second kappa shape index (κ2) is 15.3. The van der Waals surface area contributed by atoms with Crippen LogP contribution in [-0.4, -0.2) is 70.7 Å². The van der Waals surface area contributed by atoms with Gasteiger partial charge in [-0.3, -0.25) is 19.2 Å². The van der Waals surface area contributed by atoms with Crippen LogP contribution in [0, 0.1) is 28.6 Å². The topological polar surface area (TPSA) is 137 Å². The largest absolute Gasteiger partial charge is 0.347 e. The number of ketones is 1. The van der Waals surface area contributed by atoms with Crippen molar-refractivity contribution in [2.45, 2.75) is 180 Å². The van der Waals surface area contributed by atoms with E-state index in [4.69, 9.17) is 0 Å². The van der Waals surface area contributed by atoms with Gasteiger partial charge in [0, 0.05) is 18.1 Å². The van der Waals surface area contributed by atoms with Gasteiger partial charge in [-0.2, -0.15) is 0 Å². The van der Waals surface area contributed by atoms with Crippen molar-refractivity contribution >= 4 is 29.5 Å². The SMILES string of the molecule is CC(C)(C)CCCC1(NC(=O)N[C@H](C(=O)N2C[C@@H]3CCC[C@@H]3[C@H]2C(=O)NC(CC2CCC2)C(=O)C(=O)NC2CC2)C(C)(C)C)CCCCC1. The van der Waals surface area contributed by atoms with Crippen molar-refractivity contribution in [3.8, 4) is 0 Å². The number of amides is 5. The highest BCUT2D eigenvalue weighted by molar-refractivity contribution is 6.38. The van der Waals surface area contributed by atoms with Crippen LogP contribution < -0.4 is 21.3 Å². The molecule has 5 rings (SSSR count). The molecular formula is C39H65N5O5. The summed E-state index contributed by atoms with van der Waals surface area (Å²) in [5.74, 6) is -1.32. The predicted molar refractivity (Wildman–Crippen MR) is 190 cm³/mol. The Balaban J connectivity index is 1.30. The highest BCUT2D eigenvalue weighted by atomic mass is 16.2. The normalized spacial score (nSPS) is 26.6. The van der Waals surface area contributed by atoms with Crippen LogP contribution in [-0.2, 0) is 19.2 Å². The lowest BCUT2D eigenvalue weighted by Crippen LogP contribution is -2.62. The summed E-state index contributed by atoms with van der Waals surface area (Å²) in [4.78, 5) is 70.5. The van der Waals surface area contributed by atoms with E-state index < -0.39 is 35.2 Å². The van der Waals surface area contributed by atoms with Crippen LogP contribution >= 0.6 is 0 Å². The van der Waals surface area contributed by atoms with E-state index in [-0.39, 0.29) is 46.7 Å². The molecule has 4 aliphatic carbocycles. The number of carbonyl (C=O) groups excluding carboxylic acids is 5. The maximum absolute atomic E-state index is 14.6. The van der Waals surface area contributed by atoms with E-state index in [0.29, 0.717) is 18.9 Å². The third-order valence-electron chi connectivity index (χ3n) is 12.2. The quantitative estimate of drug-likeness (QED) is 0.183. The summed E-state index contributed by atoms with van der Waals surface area (Å²) < 4.78 is 0. The Bertz CT molecular complexity index is 1220. The molecule has 1 unspecified atom stereocenters. The van der Waals surface area contributed by atoms with E-state index in [1.165, 1.54) is 6.42 Å². The summed E-state index contributed by atoms with van der Waals surface area (Å²) in [6.45, 7) is 13.1. The Morgan fingerprint density at radius 3 is 2.08 bits per heavy atom. The molecule has 4 saturated carbocycles. The molecule has 276 valence electrons. The van der Waals surface area contributed by atoms with Gasteiger partial charge in [-0.1, -0.05) is 92.9 Å². The van der Waals surface area contributed by atoms with Gasteiger partial charge in [0.15, 0.2) is 0 Å². The van der Waals surface area contributed by atoms with Crippen molar-refractivity contribution in [1.29, 1.82) is 0 Å². The lowest BCUT2D eigenvalue weighted by molar-refractivity contribution is -0.144. The van der Waals surface area contributed by atoms with Crippen LogP contribution in [0.4, 0.5) is 4.79 Å². The fourth-order valence-electron chi connectivity index (χ4n) is 8.91. The van der Waals surface area contributed by atoms with Gasteiger partial charge in [-0.05, 0) is 86.4 Å². The molecule has 4 N–H and O–H groups in total. The molecule has 0 aromatic carbocycles. The number of urea groups is 1. The van der Waals surface area contributed by atoms with Crippen molar-refractivity contribution in [2.75, 3.05) is 6.54 Å². The molecular weight excluding hydrogens is 618 g/mol. The van der Waals surface area contributed by atoms with Crippen molar-refractivity contribution in [3.63, 3.8) is 0 Å². The third kappa shape index (κ3) is 9.78. The van der Waals surface area contributed by atoms with Gasteiger partial charge in [0.2, 0.25) is 17.6 Å². The van der Waals surface area contributed by atoms with Crippen LogP contribution in [0.15, 0.2) is 0 Å². The fourth-order valence-corrected chi connectivity index (χ4v) is 8.91. The number of carbonyl (C=O) groups is 5. The Hall–Kier alpha value is -2.65. The molecule has 0 bridgehead atoms. The molecule has 5 atom stereocenters. The number of hydrogen-bond donors (Lipinski definition) is 4. The van der Waals surface area contributed by atoms with E-state index in [0.717, 1.165) is 96.3 Å². The van der Waals surface area contributed by atoms with E-state index in [9.17, 15) is 24.0 Å². The van der Waals surface area contributed by atoms with Gasteiger partial charge in [-0.25, -0.2) is 4.79 Å². The maximum atomic E-state index is 14.6. The zero-order valence-corrected chi connectivity index (χ0v) is 31.3. The Labute approximate surface area is 294 Å². The van der Waals surface area contributed by atoms with Crippen LogP contribution in [0.25, 0.3) is 0 Å². The summed E-state index contributed by atoms with van der Waals surface area (Å²) in [6, 6.07) is -2.75. The average Bonchev–Trinajstić information content (AvgIpc) is 3.55. The highest BCUT2D eigenvalue weighted by Gasteiger charge is 2.52. The first-order valence-corrected chi connectivity index (χ1v) is 19.6. The van der Waals surface area contributed by atoms with Gasteiger partial charge in [0.25, 0.3) is 5.91 Å². The van der Waals surface area contributed by atoms with Crippen LogP contribution in [0.5, 0.6) is 0 Å². The maximum Gasteiger partial charge on any atom is 0.315 e. The summed E-state index contributed by atoms with van der Waals surface area (Å²) in [5.41, 5.74) is -0.658. The van der Waals surface area contributed by atoms with Gasteiger partial charge in [0.1, 0.15) is 12.1 Å². The molecule has 1 heterocycles. The van der Waals surface area contributed by atoms with Gasteiger partial charge in [-0.15, -0.1) is 0 Å². The lowest BCUT2D eigenvalue weighted by atomic mass is 9.76. The van der Waals surface area contributed by atoms with Gasteiger partial charge >= 0.3 is 6.03 Å². The van der Waals surface area contributed by atoms with Gasteiger partial charge < -0.3 is 26.2 Å². The smallest absolute Gasteiger partial charge is 0.315 e. The molecule has 0 aromatic heterocycles. The van der Waals surface area contributed by atoms with Crippen LogP contribution in [0.2, 0.25) is 0 Å². The number of likely N-dealkylation sites (tertiary alicyclic amines) is 1. The fraction of sp³-hybridized carbons (Fsp3) is 0.872. The molecule has 5 aliphatic rings. The first-order chi connectivity index (χ1) is 23.1. The second-order valence-electron chi connectivity index (χ2n) is 18.6. The molecule has 0 radical (unpaired) electrons. The van der Waals surface area contributed by atoms with Crippen molar-refractivity contribution in [1.82, 2.24) is 26.2 Å². The van der Waals surface area contributed by atoms with Crippen molar-refractivity contribution in [2.24, 2.45) is 28.6 Å². The monoisotopic (exact) mass is 683 g/mol. The minimum absolute atomic E-state index is 0.00790. The number of fused-ring (bicyclic) bond motifs is 1. The number of Topliss-reactive ketones (excluding diaryl/α,β-unsaturated/α-hetero) is 1. The third-order valence-corrected chi connectivity index (χ3v) is 12.2. The predicted octanol–water partition coefficient (Wildman–Crippen LogP) is 5.77. The van der Waals surface area contributed by atoms with E-state index >= 15 is 0 Å². The summed E-state index contributed by atoms with van der Waals surface area (Å²) >= 11 is 0. The summed E-state index contributed by atoms with van der Waals surface area (Å²) in [5, 5.41) is 12.3. The van der Waals surface area contributed by atoms with Gasteiger partial charge in [0.05, 0.1) is 6.04 Å². The lowest BCUT2D eigenvalue weighted by Gasteiger charge is -2.41. The highest BCUT2D eigenvalue weighted by Crippen LogP contribution is 2.43. The molecule has 1 saturated heterocycles. The van der Waals surface area contributed by atoms with E-state index in [1.54, 1.807) is 4.90 Å². The zero-order valence-electron chi connectivity index (χ0n) is 31.3. The van der Waals surface area contributed by atoms with Crippen LogP contribution in [0.3, 0.4) is 0 Å². The first-order valence-electron chi connectivity index (χ1n) is 19.6.